The SMILES string of the molecule is CC(=O)c1ccc(Nc2cc(C(=O)NC3CCCC3)nc(C)n2)cc1. The van der Waals surface area contributed by atoms with Crippen LogP contribution in [0.5, 0.6) is 0 Å². The van der Waals surface area contributed by atoms with Gasteiger partial charge in [0.2, 0.25) is 0 Å². The molecule has 0 aliphatic heterocycles. The Morgan fingerprint density at radius 1 is 1.08 bits per heavy atom. The Balaban J connectivity index is 1.74. The second kappa shape index (κ2) is 7.42. The molecule has 6 nitrogen and oxygen atoms in total. The van der Waals surface area contributed by atoms with Gasteiger partial charge >= 0.3 is 0 Å². The van der Waals surface area contributed by atoms with E-state index in [1.807, 2.05) is 12.1 Å². The lowest BCUT2D eigenvalue weighted by atomic mass is 10.1. The Morgan fingerprint density at radius 3 is 2.40 bits per heavy atom. The lowest BCUT2D eigenvalue weighted by Crippen LogP contribution is -2.33. The number of carbonyl (C=O) groups is 2. The van der Waals surface area contributed by atoms with Crippen LogP contribution in [0, 0.1) is 6.92 Å². The number of anilines is 2. The average Bonchev–Trinajstić information content (AvgIpc) is 3.07. The van der Waals surface area contributed by atoms with E-state index < -0.39 is 0 Å². The van der Waals surface area contributed by atoms with Crippen LogP contribution in [0.25, 0.3) is 0 Å². The molecule has 6 heteroatoms. The number of benzene rings is 1. The molecule has 1 heterocycles. The fourth-order valence-corrected chi connectivity index (χ4v) is 3.01. The van der Waals surface area contributed by atoms with E-state index in [9.17, 15) is 9.59 Å². The van der Waals surface area contributed by atoms with E-state index in [1.165, 1.54) is 6.92 Å². The lowest BCUT2D eigenvalue weighted by Gasteiger charge is -2.13. The molecule has 0 saturated heterocycles. The first-order valence-corrected chi connectivity index (χ1v) is 8.56. The van der Waals surface area contributed by atoms with Gasteiger partial charge in [-0.2, -0.15) is 0 Å². The number of carbonyl (C=O) groups excluding carboxylic acids is 2. The maximum absolute atomic E-state index is 12.4. The van der Waals surface area contributed by atoms with Crippen LogP contribution in [-0.2, 0) is 0 Å². The number of aryl methyl sites for hydroxylation is 1. The summed E-state index contributed by atoms with van der Waals surface area (Å²) < 4.78 is 0. The number of nitrogens with zero attached hydrogens (tertiary/aromatic N) is 2. The third kappa shape index (κ3) is 4.41. The number of hydrogen-bond acceptors (Lipinski definition) is 5. The van der Waals surface area contributed by atoms with Crippen molar-refractivity contribution in [3.63, 3.8) is 0 Å². The van der Waals surface area contributed by atoms with Gasteiger partial charge in [-0.1, -0.05) is 12.8 Å². The number of hydrogen-bond donors (Lipinski definition) is 2. The number of Topliss-reactive ketones (excluding diaryl/α,β-unsaturated/α-hetero) is 1. The normalized spacial score (nSPS) is 14.3. The molecule has 1 amide bonds. The molecule has 0 radical (unpaired) electrons. The first-order chi connectivity index (χ1) is 12.0. The van der Waals surface area contributed by atoms with E-state index in [0.29, 0.717) is 22.9 Å². The summed E-state index contributed by atoms with van der Waals surface area (Å²) in [6, 6.07) is 9.03. The molecular formula is C19H22N4O2. The largest absolute Gasteiger partial charge is 0.348 e. The van der Waals surface area contributed by atoms with Crippen molar-refractivity contribution in [2.75, 3.05) is 5.32 Å². The number of ketones is 1. The molecule has 0 spiro atoms. The molecule has 130 valence electrons. The van der Waals surface area contributed by atoms with Crippen LogP contribution >= 0.6 is 0 Å². The number of aromatic nitrogens is 2. The maximum atomic E-state index is 12.4. The Bertz CT molecular complexity index is 781. The molecule has 1 aliphatic rings. The minimum atomic E-state index is -0.160. The summed E-state index contributed by atoms with van der Waals surface area (Å²) in [6.45, 7) is 3.29. The molecule has 1 aromatic heterocycles. The molecule has 1 fully saturated rings. The van der Waals surface area contributed by atoms with Crippen LogP contribution in [0.2, 0.25) is 0 Å². The van der Waals surface area contributed by atoms with Gasteiger partial charge in [0.1, 0.15) is 17.3 Å². The molecule has 0 unspecified atom stereocenters. The van der Waals surface area contributed by atoms with E-state index in [1.54, 1.807) is 25.1 Å². The molecule has 25 heavy (non-hydrogen) atoms. The second-order valence-electron chi connectivity index (χ2n) is 6.40. The predicted molar refractivity (Wildman–Crippen MR) is 96.2 cm³/mol. The van der Waals surface area contributed by atoms with Crippen LogP contribution in [0.3, 0.4) is 0 Å². The summed E-state index contributed by atoms with van der Waals surface area (Å²) in [5, 5.41) is 6.20. The smallest absolute Gasteiger partial charge is 0.270 e. The van der Waals surface area contributed by atoms with Gasteiger partial charge in [0, 0.05) is 23.4 Å². The predicted octanol–water partition coefficient (Wildman–Crippen LogP) is 3.40. The fourth-order valence-electron chi connectivity index (χ4n) is 3.01. The van der Waals surface area contributed by atoms with E-state index in [-0.39, 0.29) is 17.7 Å². The van der Waals surface area contributed by atoms with Crippen molar-refractivity contribution in [3.8, 4) is 0 Å². The van der Waals surface area contributed by atoms with Gasteiger partial charge in [-0.15, -0.1) is 0 Å². The minimum absolute atomic E-state index is 0.0234. The molecule has 0 bridgehead atoms. The van der Waals surface area contributed by atoms with Gasteiger partial charge in [-0.3, -0.25) is 9.59 Å². The van der Waals surface area contributed by atoms with Gasteiger partial charge in [0.15, 0.2) is 5.78 Å². The topological polar surface area (TPSA) is 84.0 Å². The molecule has 1 aromatic carbocycles. The van der Waals surface area contributed by atoms with Gasteiger partial charge in [-0.25, -0.2) is 9.97 Å². The Morgan fingerprint density at radius 2 is 1.76 bits per heavy atom. The highest BCUT2D eigenvalue weighted by molar-refractivity contribution is 5.94. The van der Waals surface area contributed by atoms with Crippen LogP contribution in [0.1, 0.15) is 59.3 Å². The highest BCUT2D eigenvalue weighted by atomic mass is 16.2. The van der Waals surface area contributed by atoms with Gasteiger partial charge < -0.3 is 10.6 Å². The lowest BCUT2D eigenvalue weighted by molar-refractivity contribution is 0.0931. The Hall–Kier alpha value is -2.76. The summed E-state index contributed by atoms with van der Waals surface area (Å²) in [6.07, 6.45) is 4.39. The summed E-state index contributed by atoms with van der Waals surface area (Å²) in [4.78, 5) is 32.3. The van der Waals surface area contributed by atoms with Crippen molar-refractivity contribution in [1.29, 1.82) is 0 Å². The summed E-state index contributed by atoms with van der Waals surface area (Å²) in [5.74, 6) is 0.948. The Labute approximate surface area is 147 Å². The van der Waals surface area contributed by atoms with Gasteiger partial charge in [-0.05, 0) is 51.0 Å². The molecule has 1 saturated carbocycles. The first kappa shape index (κ1) is 17.1. The molecular weight excluding hydrogens is 316 g/mol. The van der Waals surface area contributed by atoms with Crippen molar-refractivity contribution in [1.82, 2.24) is 15.3 Å². The standard InChI is InChI=1S/C19H22N4O2/c1-12(24)14-7-9-16(10-8-14)22-18-11-17(20-13(2)21-18)19(25)23-15-5-3-4-6-15/h7-11,15H,3-6H2,1-2H3,(H,23,25)(H,20,21,22). The van der Waals surface area contributed by atoms with Crippen molar-refractivity contribution in [2.24, 2.45) is 0 Å². The zero-order valence-electron chi connectivity index (χ0n) is 14.5. The van der Waals surface area contributed by atoms with E-state index in [0.717, 1.165) is 31.4 Å². The minimum Gasteiger partial charge on any atom is -0.348 e. The zero-order chi connectivity index (χ0) is 17.8. The fraction of sp³-hybridized carbons (Fsp3) is 0.368. The van der Waals surface area contributed by atoms with E-state index >= 15 is 0 Å². The summed E-state index contributed by atoms with van der Waals surface area (Å²) >= 11 is 0. The van der Waals surface area contributed by atoms with E-state index in [4.69, 9.17) is 0 Å². The zero-order valence-corrected chi connectivity index (χ0v) is 14.5. The monoisotopic (exact) mass is 338 g/mol. The Kier molecular flexibility index (Phi) is 5.07. The molecule has 0 atom stereocenters. The van der Waals surface area contributed by atoms with Gasteiger partial charge in [0.25, 0.3) is 5.91 Å². The van der Waals surface area contributed by atoms with Crippen LogP contribution < -0.4 is 10.6 Å². The highest BCUT2D eigenvalue weighted by Crippen LogP contribution is 2.19. The highest BCUT2D eigenvalue weighted by Gasteiger charge is 2.19. The first-order valence-electron chi connectivity index (χ1n) is 8.56. The van der Waals surface area contributed by atoms with Crippen molar-refractivity contribution in [3.05, 3.63) is 47.4 Å². The summed E-state index contributed by atoms with van der Waals surface area (Å²) in [7, 11) is 0. The average molecular weight is 338 g/mol. The van der Waals surface area contributed by atoms with Crippen molar-refractivity contribution in [2.45, 2.75) is 45.6 Å². The molecule has 2 aromatic rings. The third-order valence-electron chi connectivity index (χ3n) is 4.32. The summed E-state index contributed by atoms with van der Waals surface area (Å²) in [5.41, 5.74) is 1.81. The van der Waals surface area contributed by atoms with E-state index in [2.05, 4.69) is 20.6 Å². The molecule has 2 N–H and O–H groups in total. The van der Waals surface area contributed by atoms with Crippen molar-refractivity contribution >= 4 is 23.2 Å². The van der Waals surface area contributed by atoms with Crippen molar-refractivity contribution < 1.29 is 9.59 Å². The van der Waals surface area contributed by atoms with Gasteiger partial charge in [0.05, 0.1) is 0 Å². The maximum Gasteiger partial charge on any atom is 0.270 e. The third-order valence-corrected chi connectivity index (χ3v) is 4.32. The molecule has 1 aliphatic carbocycles. The second-order valence-corrected chi connectivity index (χ2v) is 6.40. The number of nitrogens with one attached hydrogen (secondary N) is 2. The van der Waals surface area contributed by atoms with Crippen LogP contribution in [-0.4, -0.2) is 27.7 Å². The molecule has 3 rings (SSSR count). The number of rotatable bonds is 5. The van der Waals surface area contributed by atoms with Crippen LogP contribution in [0.4, 0.5) is 11.5 Å². The van der Waals surface area contributed by atoms with Crippen LogP contribution in [0.15, 0.2) is 30.3 Å². The quantitative estimate of drug-likeness (QED) is 0.816. The number of amides is 1.